The molecule has 1 aliphatic heterocycles. The summed E-state index contributed by atoms with van der Waals surface area (Å²) in [6.45, 7) is 4.71. The molecular formula is C15H22N2O3. The predicted molar refractivity (Wildman–Crippen MR) is 76.5 cm³/mol. The zero-order chi connectivity index (χ0) is 14.6. The number of hydrogen-bond donors (Lipinski definition) is 2. The van der Waals surface area contributed by atoms with E-state index < -0.39 is 0 Å². The highest BCUT2D eigenvalue weighted by Gasteiger charge is 2.32. The maximum Gasteiger partial charge on any atom is 0.233 e. The molecule has 110 valence electrons. The Morgan fingerprint density at radius 1 is 1.45 bits per heavy atom. The third kappa shape index (κ3) is 3.63. The van der Waals surface area contributed by atoms with Crippen LogP contribution in [0.1, 0.15) is 38.7 Å². The van der Waals surface area contributed by atoms with E-state index >= 15 is 0 Å². The quantitative estimate of drug-likeness (QED) is 0.361. The van der Waals surface area contributed by atoms with Gasteiger partial charge in [0.1, 0.15) is 5.60 Å². The van der Waals surface area contributed by atoms with Crippen molar-refractivity contribution < 1.29 is 14.3 Å². The Balaban J connectivity index is 1.83. The van der Waals surface area contributed by atoms with E-state index in [4.69, 9.17) is 15.3 Å². The number of nitrogens with two attached hydrogens (primary N) is 1. The lowest BCUT2D eigenvalue weighted by molar-refractivity contribution is -0.121. The summed E-state index contributed by atoms with van der Waals surface area (Å²) in [5.74, 6) is 6.52. The molecule has 1 aromatic carbocycles. The van der Waals surface area contributed by atoms with E-state index in [1.807, 2.05) is 12.1 Å². The van der Waals surface area contributed by atoms with Crippen LogP contribution in [-0.2, 0) is 11.2 Å². The van der Waals surface area contributed by atoms with Crippen molar-refractivity contribution in [2.45, 2.75) is 45.1 Å². The van der Waals surface area contributed by atoms with E-state index in [2.05, 4.69) is 25.3 Å². The first-order valence-corrected chi connectivity index (χ1v) is 6.95. The van der Waals surface area contributed by atoms with Crippen molar-refractivity contribution in [1.82, 2.24) is 5.43 Å². The molecule has 1 aromatic rings. The number of hydrogen-bond acceptors (Lipinski definition) is 4. The predicted octanol–water partition coefficient (Wildman–Crippen LogP) is 1.94. The highest BCUT2D eigenvalue weighted by atomic mass is 16.5. The van der Waals surface area contributed by atoms with Gasteiger partial charge in [0.25, 0.3) is 0 Å². The molecule has 0 fully saturated rings. The van der Waals surface area contributed by atoms with Crippen LogP contribution in [0.2, 0.25) is 0 Å². The van der Waals surface area contributed by atoms with Crippen LogP contribution in [0.25, 0.3) is 0 Å². The van der Waals surface area contributed by atoms with E-state index in [9.17, 15) is 4.79 Å². The number of unbranched alkanes of at least 4 members (excludes halogenated alkanes) is 1. The number of nitrogens with one attached hydrogen (secondary N) is 1. The van der Waals surface area contributed by atoms with Gasteiger partial charge in [0.15, 0.2) is 11.5 Å². The lowest BCUT2D eigenvalue weighted by Gasteiger charge is -2.18. The molecule has 5 nitrogen and oxygen atoms in total. The normalized spacial score (nSPS) is 15.3. The van der Waals surface area contributed by atoms with Gasteiger partial charge in [0, 0.05) is 18.4 Å². The fourth-order valence-electron chi connectivity index (χ4n) is 2.34. The molecule has 3 N–H and O–H groups in total. The van der Waals surface area contributed by atoms with Gasteiger partial charge in [-0.1, -0.05) is 12.1 Å². The van der Waals surface area contributed by atoms with Gasteiger partial charge < -0.3 is 9.47 Å². The Kier molecular flexibility index (Phi) is 4.49. The molecule has 2 rings (SSSR count). The molecule has 1 heterocycles. The first kappa shape index (κ1) is 14.7. The number of para-hydroxylation sites is 1. The van der Waals surface area contributed by atoms with E-state index in [-0.39, 0.29) is 11.5 Å². The minimum atomic E-state index is -0.166. The number of fused-ring (bicyclic) bond motifs is 1. The number of rotatable bonds is 6. The summed E-state index contributed by atoms with van der Waals surface area (Å²) in [6, 6.07) is 5.98. The molecule has 1 aliphatic rings. The van der Waals surface area contributed by atoms with Crippen molar-refractivity contribution in [3.05, 3.63) is 23.8 Å². The van der Waals surface area contributed by atoms with Gasteiger partial charge in [0.2, 0.25) is 5.91 Å². The number of carbonyl (C=O) groups excluding carboxylic acids is 1. The molecule has 0 spiro atoms. The van der Waals surface area contributed by atoms with E-state index in [1.165, 1.54) is 5.56 Å². The molecular weight excluding hydrogens is 256 g/mol. The van der Waals surface area contributed by atoms with Crippen molar-refractivity contribution >= 4 is 5.91 Å². The minimum Gasteiger partial charge on any atom is -0.490 e. The van der Waals surface area contributed by atoms with Gasteiger partial charge in [-0.2, -0.15) is 0 Å². The Bertz CT molecular complexity index is 486. The summed E-state index contributed by atoms with van der Waals surface area (Å²) >= 11 is 0. The fraction of sp³-hybridized carbons (Fsp3) is 0.533. The monoisotopic (exact) mass is 278 g/mol. The first-order valence-electron chi connectivity index (χ1n) is 6.95. The third-order valence-electron chi connectivity index (χ3n) is 3.27. The van der Waals surface area contributed by atoms with Gasteiger partial charge in [0.05, 0.1) is 6.61 Å². The first-order chi connectivity index (χ1) is 9.52. The Morgan fingerprint density at radius 2 is 2.25 bits per heavy atom. The summed E-state index contributed by atoms with van der Waals surface area (Å²) in [4.78, 5) is 11.0. The highest BCUT2D eigenvalue weighted by Crippen LogP contribution is 2.41. The Hall–Kier alpha value is -1.75. The number of benzene rings is 1. The summed E-state index contributed by atoms with van der Waals surface area (Å²) in [5.41, 5.74) is 3.14. The average Bonchev–Trinajstić information content (AvgIpc) is 2.72. The van der Waals surface area contributed by atoms with Crippen LogP contribution in [0.3, 0.4) is 0 Å². The number of ether oxygens (including phenoxy) is 2. The summed E-state index contributed by atoms with van der Waals surface area (Å²) in [5, 5.41) is 0. The van der Waals surface area contributed by atoms with E-state index in [0.717, 1.165) is 30.8 Å². The van der Waals surface area contributed by atoms with Crippen molar-refractivity contribution in [3.8, 4) is 11.5 Å². The van der Waals surface area contributed by atoms with Crippen LogP contribution in [0, 0.1) is 0 Å². The molecule has 0 aromatic heterocycles. The zero-order valence-corrected chi connectivity index (χ0v) is 12.1. The molecule has 5 heteroatoms. The lowest BCUT2D eigenvalue weighted by atomic mass is 10.0. The molecule has 0 saturated heterocycles. The second-order valence-corrected chi connectivity index (χ2v) is 5.66. The van der Waals surface area contributed by atoms with Crippen LogP contribution < -0.4 is 20.7 Å². The van der Waals surface area contributed by atoms with Gasteiger partial charge in [-0.25, -0.2) is 5.84 Å². The van der Waals surface area contributed by atoms with Crippen LogP contribution >= 0.6 is 0 Å². The molecule has 0 saturated carbocycles. The van der Waals surface area contributed by atoms with Crippen molar-refractivity contribution in [2.75, 3.05) is 6.61 Å². The SMILES string of the molecule is CC1(C)Cc2cccc(OCCCCC(=O)NN)c2O1. The van der Waals surface area contributed by atoms with Gasteiger partial charge in [-0.3, -0.25) is 10.2 Å². The maximum absolute atomic E-state index is 11.0. The van der Waals surface area contributed by atoms with Crippen LogP contribution in [0.4, 0.5) is 0 Å². The van der Waals surface area contributed by atoms with Crippen molar-refractivity contribution in [1.29, 1.82) is 0 Å². The number of amides is 1. The maximum atomic E-state index is 11.0. The molecule has 0 radical (unpaired) electrons. The molecule has 0 unspecified atom stereocenters. The molecule has 20 heavy (non-hydrogen) atoms. The smallest absolute Gasteiger partial charge is 0.233 e. The number of hydrazine groups is 1. The van der Waals surface area contributed by atoms with Gasteiger partial charge in [-0.15, -0.1) is 0 Å². The zero-order valence-electron chi connectivity index (χ0n) is 12.1. The standard InChI is InChI=1S/C15H22N2O3/c1-15(2)10-11-6-5-7-12(14(11)20-15)19-9-4-3-8-13(18)17-16/h5-7H,3-4,8-10,16H2,1-2H3,(H,17,18). The van der Waals surface area contributed by atoms with Crippen LogP contribution in [0.15, 0.2) is 18.2 Å². The Labute approximate surface area is 119 Å². The van der Waals surface area contributed by atoms with Crippen LogP contribution in [-0.4, -0.2) is 18.1 Å². The number of carbonyl (C=O) groups is 1. The molecule has 0 atom stereocenters. The molecule has 0 aliphatic carbocycles. The van der Waals surface area contributed by atoms with Crippen molar-refractivity contribution in [3.63, 3.8) is 0 Å². The van der Waals surface area contributed by atoms with E-state index in [0.29, 0.717) is 13.0 Å². The van der Waals surface area contributed by atoms with E-state index in [1.54, 1.807) is 0 Å². The Morgan fingerprint density at radius 3 is 3.00 bits per heavy atom. The average molecular weight is 278 g/mol. The van der Waals surface area contributed by atoms with Crippen molar-refractivity contribution in [2.24, 2.45) is 5.84 Å². The highest BCUT2D eigenvalue weighted by molar-refractivity contribution is 5.75. The lowest BCUT2D eigenvalue weighted by Crippen LogP contribution is -2.29. The second-order valence-electron chi connectivity index (χ2n) is 5.66. The largest absolute Gasteiger partial charge is 0.490 e. The van der Waals surface area contributed by atoms with Crippen LogP contribution in [0.5, 0.6) is 11.5 Å². The third-order valence-corrected chi connectivity index (χ3v) is 3.27. The summed E-state index contributed by atoms with van der Waals surface area (Å²) in [6.07, 6.45) is 2.89. The molecule has 1 amide bonds. The minimum absolute atomic E-state index is 0.143. The summed E-state index contributed by atoms with van der Waals surface area (Å²) < 4.78 is 11.7. The fourth-order valence-corrected chi connectivity index (χ4v) is 2.34. The van der Waals surface area contributed by atoms with Gasteiger partial charge >= 0.3 is 0 Å². The summed E-state index contributed by atoms with van der Waals surface area (Å²) in [7, 11) is 0. The molecule has 0 bridgehead atoms. The van der Waals surface area contributed by atoms with Gasteiger partial charge in [-0.05, 0) is 32.8 Å². The topological polar surface area (TPSA) is 73.6 Å². The second kappa shape index (κ2) is 6.13.